The summed E-state index contributed by atoms with van der Waals surface area (Å²) in [7, 11) is 0. The molecular formula is C17H24ClNO2. The van der Waals surface area contributed by atoms with Crippen molar-refractivity contribution in [2.45, 2.75) is 45.8 Å². The second-order valence-corrected chi connectivity index (χ2v) is 6.14. The molecule has 0 bridgehead atoms. The van der Waals surface area contributed by atoms with Crippen molar-refractivity contribution >= 4 is 22.6 Å². The molecule has 0 aliphatic heterocycles. The van der Waals surface area contributed by atoms with Crippen LogP contribution in [0.25, 0.3) is 11.0 Å². The molecule has 21 heavy (non-hydrogen) atoms. The molecule has 1 atom stereocenters. The van der Waals surface area contributed by atoms with Crippen molar-refractivity contribution < 1.29 is 9.15 Å². The first-order valence-corrected chi connectivity index (χ1v) is 7.92. The van der Waals surface area contributed by atoms with Gasteiger partial charge in [0.05, 0.1) is 16.7 Å². The summed E-state index contributed by atoms with van der Waals surface area (Å²) >= 11 is 6.21. The van der Waals surface area contributed by atoms with Crippen molar-refractivity contribution in [1.82, 2.24) is 5.32 Å². The molecule has 1 aromatic heterocycles. The molecule has 1 heterocycles. The number of benzene rings is 1. The Bertz CT molecular complexity index is 591. The van der Waals surface area contributed by atoms with Gasteiger partial charge in [0.2, 0.25) is 0 Å². The van der Waals surface area contributed by atoms with E-state index in [0.717, 1.165) is 29.7 Å². The predicted molar refractivity (Wildman–Crippen MR) is 88.0 cm³/mol. The number of hydrogen-bond donors (Lipinski definition) is 1. The second-order valence-electron chi connectivity index (χ2n) is 5.73. The van der Waals surface area contributed by atoms with E-state index in [-0.39, 0.29) is 11.6 Å². The Kier molecular flexibility index (Phi) is 5.31. The number of rotatable bonds is 7. The molecule has 0 fully saturated rings. The monoisotopic (exact) mass is 309 g/mol. The largest absolute Gasteiger partial charge is 0.458 e. The fraction of sp³-hybridized carbons (Fsp3) is 0.529. The predicted octanol–water partition coefficient (Wildman–Crippen LogP) is 4.94. The quantitative estimate of drug-likeness (QED) is 0.786. The van der Waals surface area contributed by atoms with Gasteiger partial charge in [0, 0.05) is 12.0 Å². The standard InChI is InChI=1S/C17H24ClNO2/c1-5-10-19-16(17(3,4)20-6-2)14-11-12-8-7-9-13(18)15(12)21-14/h7-9,11,16,19H,5-6,10H2,1-4H3. The molecule has 0 spiro atoms. The van der Waals surface area contributed by atoms with E-state index in [0.29, 0.717) is 11.6 Å². The lowest BCUT2D eigenvalue weighted by molar-refractivity contribution is -0.0436. The maximum absolute atomic E-state index is 6.21. The van der Waals surface area contributed by atoms with Crippen LogP contribution >= 0.6 is 11.6 Å². The van der Waals surface area contributed by atoms with E-state index in [1.165, 1.54) is 0 Å². The van der Waals surface area contributed by atoms with Gasteiger partial charge in [0.25, 0.3) is 0 Å². The Hall–Kier alpha value is -1.03. The number of fused-ring (bicyclic) bond motifs is 1. The lowest BCUT2D eigenvalue weighted by Crippen LogP contribution is -2.41. The van der Waals surface area contributed by atoms with Gasteiger partial charge >= 0.3 is 0 Å². The number of halogens is 1. The van der Waals surface area contributed by atoms with Crippen LogP contribution in [-0.2, 0) is 4.74 Å². The Morgan fingerprint density at radius 1 is 1.33 bits per heavy atom. The van der Waals surface area contributed by atoms with E-state index in [9.17, 15) is 0 Å². The minimum Gasteiger partial charge on any atom is -0.458 e. The van der Waals surface area contributed by atoms with E-state index in [2.05, 4.69) is 32.2 Å². The summed E-state index contributed by atoms with van der Waals surface area (Å²) in [5.41, 5.74) is 0.384. The molecule has 0 saturated carbocycles. The van der Waals surface area contributed by atoms with Crippen LogP contribution in [0.2, 0.25) is 5.02 Å². The Morgan fingerprint density at radius 2 is 2.10 bits per heavy atom. The summed E-state index contributed by atoms with van der Waals surface area (Å²) in [5, 5.41) is 5.19. The van der Waals surface area contributed by atoms with Crippen molar-refractivity contribution in [2.75, 3.05) is 13.2 Å². The highest BCUT2D eigenvalue weighted by atomic mass is 35.5. The first kappa shape index (κ1) is 16.3. The summed E-state index contributed by atoms with van der Waals surface area (Å²) < 4.78 is 11.9. The number of para-hydroxylation sites is 1. The Morgan fingerprint density at radius 3 is 2.71 bits per heavy atom. The first-order chi connectivity index (χ1) is 9.99. The highest BCUT2D eigenvalue weighted by molar-refractivity contribution is 6.34. The van der Waals surface area contributed by atoms with Crippen LogP contribution in [0.1, 0.15) is 45.9 Å². The normalized spacial score (nSPS) is 13.8. The van der Waals surface area contributed by atoms with Crippen molar-refractivity contribution in [3.8, 4) is 0 Å². The lowest BCUT2D eigenvalue weighted by atomic mass is 9.95. The van der Waals surface area contributed by atoms with Crippen LogP contribution < -0.4 is 5.32 Å². The number of hydrogen-bond acceptors (Lipinski definition) is 3. The first-order valence-electron chi connectivity index (χ1n) is 7.55. The third kappa shape index (κ3) is 3.60. The number of furan rings is 1. The van der Waals surface area contributed by atoms with Gasteiger partial charge < -0.3 is 14.5 Å². The van der Waals surface area contributed by atoms with Gasteiger partial charge in [-0.05, 0) is 45.9 Å². The Balaban J connectivity index is 2.40. The van der Waals surface area contributed by atoms with Crippen molar-refractivity contribution in [3.63, 3.8) is 0 Å². The van der Waals surface area contributed by atoms with Crippen LogP contribution in [0, 0.1) is 0 Å². The maximum atomic E-state index is 6.21. The van der Waals surface area contributed by atoms with Crippen molar-refractivity contribution in [3.05, 3.63) is 35.0 Å². The van der Waals surface area contributed by atoms with Crippen LogP contribution in [0.3, 0.4) is 0 Å². The Labute approximate surface area is 131 Å². The van der Waals surface area contributed by atoms with Crippen LogP contribution in [0.5, 0.6) is 0 Å². The highest BCUT2D eigenvalue weighted by Gasteiger charge is 2.33. The molecule has 0 amide bonds. The van der Waals surface area contributed by atoms with E-state index < -0.39 is 0 Å². The maximum Gasteiger partial charge on any atom is 0.152 e. The molecule has 0 saturated heterocycles. The molecule has 3 nitrogen and oxygen atoms in total. The van der Waals surface area contributed by atoms with Crippen LogP contribution in [-0.4, -0.2) is 18.8 Å². The van der Waals surface area contributed by atoms with Crippen LogP contribution in [0.4, 0.5) is 0 Å². The zero-order valence-electron chi connectivity index (χ0n) is 13.2. The molecule has 116 valence electrons. The van der Waals surface area contributed by atoms with E-state index in [1.54, 1.807) is 0 Å². The average Bonchev–Trinajstić information content (AvgIpc) is 2.84. The number of ether oxygens (including phenoxy) is 1. The van der Waals surface area contributed by atoms with E-state index in [1.807, 2.05) is 25.1 Å². The van der Waals surface area contributed by atoms with Gasteiger partial charge in [-0.15, -0.1) is 0 Å². The summed E-state index contributed by atoms with van der Waals surface area (Å²) in [5.74, 6) is 0.866. The summed E-state index contributed by atoms with van der Waals surface area (Å²) in [6, 6.07) is 7.83. The minimum absolute atomic E-state index is 0.0131. The average molecular weight is 310 g/mol. The molecule has 1 N–H and O–H groups in total. The van der Waals surface area contributed by atoms with Gasteiger partial charge in [0.15, 0.2) is 5.58 Å². The van der Waals surface area contributed by atoms with Gasteiger partial charge in [-0.1, -0.05) is 30.7 Å². The molecule has 1 aromatic carbocycles. The summed E-state index contributed by atoms with van der Waals surface area (Å²) in [4.78, 5) is 0. The van der Waals surface area contributed by atoms with E-state index >= 15 is 0 Å². The minimum atomic E-state index is -0.357. The SMILES string of the molecule is CCCNC(c1cc2cccc(Cl)c2o1)C(C)(C)OCC. The zero-order valence-corrected chi connectivity index (χ0v) is 14.0. The molecule has 1 unspecified atom stereocenters. The molecule has 4 heteroatoms. The molecule has 0 radical (unpaired) electrons. The van der Waals surface area contributed by atoms with Gasteiger partial charge in [0.1, 0.15) is 5.76 Å². The molecule has 2 rings (SSSR count). The summed E-state index contributed by atoms with van der Waals surface area (Å²) in [6.07, 6.45) is 1.06. The fourth-order valence-electron chi connectivity index (χ4n) is 2.62. The van der Waals surface area contributed by atoms with Gasteiger partial charge in [-0.25, -0.2) is 0 Å². The number of nitrogens with one attached hydrogen (secondary N) is 1. The second kappa shape index (κ2) is 6.82. The van der Waals surface area contributed by atoms with Crippen LogP contribution in [0.15, 0.2) is 28.7 Å². The third-order valence-electron chi connectivity index (χ3n) is 3.61. The molecule has 0 aliphatic rings. The third-order valence-corrected chi connectivity index (χ3v) is 3.91. The molecule has 2 aromatic rings. The smallest absolute Gasteiger partial charge is 0.152 e. The topological polar surface area (TPSA) is 34.4 Å². The summed E-state index contributed by atoms with van der Waals surface area (Å²) in [6.45, 7) is 9.89. The van der Waals surface area contributed by atoms with Crippen molar-refractivity contribution in [2.24, 2.45) is 0 Å². The lowest BCUT2D eigenvalue weighted by Gasteiger charge is -2.33. The highest BCUT2D eigenvalue weighted by Crippen LogP contribution is 2.35. The van der Waals surface area contributed by atoms with Gasteiger partial charge in [-0.2, -0.15) is 0 Å². The van der Waals surface area contributed by atoms with Gasteiger partial charge in [-0.3, -0.25) is 0 Å². The zero-order chi connectivity index (χ0) is 15.5. The molecular weight excluding hydrogens is 286 g/mol. The van der Waals surface area contributed by atoms with E-state index in [4.69, 9.17) is 20.8 Å². The molecule has 0 aliphatic carbocycles. The van der Waals surface area contributed by atoms with Crippen molar-refractivity contribution in [1.29, 1.82) is 0 Å². The fourth-order valence-corrected chi connectivity index (χ4v) is 2.84.